The summed E-state index contributed by atoms with van der Waals surface area (Å²) in [5, 5.41) is 0.644. The van der Waals surface area contributed by atoms with Crippen LogP contribution >= 0.6 is 11.6 Å². The number of likely N-dealkylation sites (tertiary alicyclic amines) is 1. The van der Waals surface area contributed by atoms with E-state index in [1.807, 2.05) is 25.1 Å². The van der Waals surface area contributed by atoms with E-state index in [2.05, 4.69) is 0 Å². The molecule has 1 aliphatic rings. The first-order valence-corrected chi connectivity index (χ1v) is 7.03. The van der Waals surface area contributed by atoms with E-state index in [1.54, 1.807) is 11.0 Å². The minimum Gasteiger partial charge on any atom is -0.341 e. The van der Waals surface area contributed by atoms with Crippen LogP contribution in [0, 0.1) is 5.92 Å². The molecule has 4 heteroatoms. The fourth-order valence-corrected chi connectivity index (χ4v) is 2.64. The zero-order valence-corrected chi connectivity index (χ0v) is 11.8. The van der Waals surface area contributed by atoms with E-state index in [-0.39, 0.29) is 17.6 Å². The first kappa shape index (κ1) is 14.1. The number of carbonyl (C=O) groups excluding carboxylic acids is 2. The van der Waals surface area contributed by atoms with Gasteiger partial charge in [0.2, 0.25) is 5.91 Å². The van der Waals surface area contributed by atoms with Crippen LogP contribution in [0.2, 0.25) is 5.02 Å². The van der Waals surface area contributed by atoms with Crippen LogP contribution in [0.1, 0.15) is 25.3 Å². The number of rotatable bonds is 3. The Hall–Kier alpha value is -1.35. The molecule has 1 fully saturated rings. The van der Waals surface area contributed by atoms with E-state index in [1.165, 1.54) is 0 Å². The van der Waals surface area contributed by atoms with Gasteiger partial charge in [0.15, 0.2) is 0 Å². The zero-order valence-electron chi connectivity index (χ0n) is 11.1. The van der Waals surface area contributed by atoms with Gasteiger partial charge in [0.1, 0.15) is 5.78 Å². The van der Waals surface area contributed by atoms with E-state index in [9.17, 15) is 9.59 Å². The maximum atomic E-state index is 12.2. The van der Waals surface area contributed by atoms with Crippen LogP contribution < -0.4 is 0 Å². The van der Waals surface area contributed by atoms with Gasteiger partial charge in [-0.05, 0) is 24.1 Å². The molecule has 102 valence electrons. The molecule has 1 heterocycles. The average Bonchev–Trinajstić information content (AvgIpc) is 2.39. The van der Waals surface area contributed by atoms with Gasteiger partial charge in [0, 0.05) is 30.5 Å². The monoisotopic (exact) mass is 279 g/mol. The van der Waals surface area contributed by atoms with Crippen LogP contribution in [0.15, 0.2) is 24.3 Å². The maximum Gasteiger partial charge on any atom is 0.227 e. The fraction of sp³-hybridized carbons (Fsp3) is 0.467. The topological polar surface area (TPSA) is 37.4 Å². The summed E-state index contributed by atoms with van der Waals surface area (Å²) in [4.78, 5) is 25.7. The minimum absolute atomic E-state index is 0.0112. The summed E-state index contributed by atoms with van der Waals surface area (Å²) in [5.41, 5.74) is 0.919. The van der Waals surface area contributed by atoms with Crippen molar-refractivity contribution >= 4 is 23.3 Å². The molecule has 3 nitrogen and oxygen atoms in total. The molecule has 0 spiro atoms. The highest BCUT2D eigenvalue weighted by Gasteiger charge is 2.28. The summed E-state index contributed by atoms with van der Waals surface area (Å²) in [7, 11) is 0. The molecule has 1 aromatic rings. The third-order valence-electron chi connectivity index (χ3n) is 3.61. The van der Waals surface area contributed by atoms with Gasteiger partial charge in [0.05, 0.1) is 6.42 Å². The highest BCUT2D eigenvalue weighted by atomic mass is 35.5. The Bertz CT molecular complexity index is 487. The molecule has 1 aromatic carbocycles. The summed E-state index contributed by atoms with van der Waals surface area (Å²) in [6.45, 7) is 3.11. The Labute approximate surface area is 118 Å². The summed E-state index contributed by atoms with van der Waals surface area (Å²) < 4.78 is 0. The first-order valence-electron chi connectivity index (χ1n) is 6.65. The number of nitrogens with zero attached hydrogens (tertiary/aromatic N) is 1. The molecule has 0 aliphatic carbocycles. The van der Waals surface area contributed by atoms with Crippen molar-refractivity contribution in [3.8, 4) is 0 Å². The molecule has 19 heavy (non-hydrogen) atoms. The normalized spacial score (nSPS) is 19.6. The Morgan fingerprint density at radius 2 is 2.26 bits per heavy atom. The predicted octanol–water partition coefficient (Wildman–Crippen LogP) is 2.71. The van der Waals surface area contributed by atoms with Crippen molar-refractivity contribution in [1.82, 2.24) is 4.90 Å². The zero-order chi connectivity index (χ0) is 13.8. The molecule has 0 N–H and O–H groups in total. The number of Topliss-reactive ketones (excluding diaryl/α,β-unsaturated/α-hetero) is 1. The molecule has 1 unspecified atom stereocenters. The second-order valence-corrected chi connectivity index (χ2v) is 5.40. The lowest BCUT2D eigenvalue weighted by Crippen LogP contribution is -2.44. The van der Waals surface area contributed by atoms with Gasteiger partial charge in [-0.1, -0.05) is 30.7 Å². The number of hydrogen-bond donors (Lipinski definition) is 0. The molecule has 0 radical (unpaired) electrons. The number of benzene rings is 1. The average molecular weight is 280 g/mol. The van der Waals surface area contributed by atoms with Gasteiger partial charge in [-0.25, -0.2) is 0 Å². The van der Waals surface area contributed by atoms with Crippen molar-refractivity contribution in [2.45, 2.75) is 26.2 Å². The molecule has 1 saturated heterocycles. The summed E-state index contributed by atoms with van der Waals surface area (Å²) in [5.74, 6) is 0.375. The molecule has 0 bridgehead atoms. The standard InChI is InChI=1S/C15H18ClNO2/c1-2-12-10-17(7-6-14(12)18)15(19)9-11-4-3-5-13(16)8-11/h3-5,8,12H,2,6-7,9-10H2,1H3. The van der Waals surface area contributed by atoms with Crippen molar-refractivity contribution < 1.29 is 9.59 Å². The van der Waals surface area contributed by atoms with Crippen LogP contribution in [0.5, 0.6) is 0 Å². The van der Waals surface area contributed by atoms with Crippen molar-refractivity contribution in [2.24, 2.45) is 5.92 Å². The quantitative estimate of drug-likeness (QED) is 0.853. The molecule has 1 aliphatic heterocycles. The van der Waals surface area contributed by atoms with Crippen molar-refractivity contribution in [3.63, 3.8) is 0 Å². The van der Waals surface area contributed by atoms with Crippen LogP contribution in [-0.4, -0.2) is 29.7 Å². The number of ketones is 1. The third kappa shape index (κ3) is 3.57. The number of piperidine rings is 1. The predicted molar refractivity (Wildman–Crippen MR) is 75.1 cm³/mol. The fourth-order valence-electron chi connectivity index (χ4n) is 2.43. The molecule has 2 rings (SSSR count). The van der Waals surface area contributed by atoms with Crippen LogP contribution in [0.25, 0.3) is 0 Å². The van der Waals surface area contributed by atoms with Crippen molar-refractivity contribution in [1.29, 1.82) is 0 Å². The lowest BCUT2D eigenvalue weighted by Gasteiger charge is -2.31. The van der Waals surface area contributed by atoms with E-state index < -0.39 is 0 Å². The Morgan fingerprint density at radius 1 is 1.47 bits per heavy atom. The summed E-state index contributed by atoms with van der Waals surface area (Å²) in [6.07, 6.45) is 1.64. The molecule has 0 aromatic heterocycles. The third-order valence-corrected chi connectivity index (χ3v) is 3.85. The van der Waals surface area contributed by atoms with E-state index in [4.69, 9.17) is 11.6 Å². The van der Waals surface area contributed by atoms with Gasteiger partial charge < -0.3 is 4.90 Å². The number of carbonyl (C=O) groups is 2. The Morgan fingerprint density at radius 3 is 2.95 bits per heavy atom. The summed E-state index contributed by atoms with van der Waals surface area (Å²) >= 11 is 5.91. The Kier molecular flexibility index (Phi) is 4.59. The molecule has 1 atom stereocenters. The minimum atomic E-state index is 0.0112. The smallest absolute Gasteiger partial charge is 0.227 e. The first-order chi connectivity index (χ1) is 9.10. The van der Waals surface area contributed by atoms with Crippen molar-refractivity contribution in [2.75, 3.05) is 13.1 Å². The lowest BCUT2D eigenvalue weighted by atomic mass is 9.94. The van der Waals surface area contributed by atoms with Crippen LogP contribution in [-0.2, 0) is 16.0 Å². The Balaban J connectivity index is 1.98. The van der Waals surface area contributed by atoms with Gasteiger partial charge in [-0.15, -0.1) is 0 Å². The number of hydrogen-bond acceptors (Lipinski definition) is 2. The van der Waals surface area contributed by atoms with E-state index in [0.717, 1.165) is 12.0 Å². The largest absolute Gasteiger partial charge is 0.341 e. The second kappa shape index (κ2) is 6.20. The van der Waals surface area contributed by atoms with Crippen LogP contribution in [0.4, 0.5) is 0 Å². The van der Waals surface area contributed by atoms with E-state index in [0.29, 0.717) is 31.0 Å². The molecule has 0 saturated carbocycles. The molecular formula is C15H18ClNO2. The lowest BCUT2D eigenvalue weighted by molar-refractivity contribution is -0.136. The highest BCUT2D eigenvalue weighted by Crippen LogP contribution is 2.18. The molecular weight excluding hydrogens is 262 g/mol. The number of amides is 1. The van der Waals surface area contributed by atoms with E-state index >= 15 is 0 Å². The molecule has 1 amide bonds. The number of halogens is 1. The van der Waals surface area contributed by atoms with Crippen molar-refractivity contribution in [3.05, 3.63) is 34.9 Å². The van der Waals surface area contributed by atoms with Gasteiger partial charge in [-0.2, -0.15) is 0 Å². The maximum absolute atomic E-state index is 12.2. The van der Waals surface area contributed by atoms with Gasteiger partial charge >= 0.3 is 0 Å². The van der Waals surface area contributed by atoms with Gasteiger partial charge in [0.25, 0.3) is 0 Å². The second-order valence-electron chi connectivity index (χ2n) is 4.97. The van der Waals surface area contributed by atoms with Crippen LogP contribution in [0.3, 0.4) is 0 Å². The SMILES string of the molecule is CCC1CN(C(=O)Cc2cccc(Cl)c2)CCC1=O. The summed E-state index contributed by atoms with van der Waals surface area (Å²) in [6, 6.07) is 7.35. The van der Waals surface area contributed by atoms with Gasteiger partial charge in [-0.3, -0.25) is 9.59 Å². The highest BCUT2D eigenvalue weighted by molar-refractivity contribution is 6.30.